The van der Waals surface area contributed by atoms with Gasteiger partial charge in [-0.2, -0.15) is 0 Å². The first kappa shape index (κ1) is 10.8. The third-order valence-electron chi connectivity index (χ3n) is 4.43. The molecule has 2 saturated carbocycles. The van der Waals surface area contributed by atoms with Gasteiger partial charge in [-0.05, 0) is 54.9 Å². The Morgan fingerprint density at radius 1 is 1.44 bits per heavy atom. The second kappa shape index (κ2) is 4.47. The summed E-state index contributed by atoms with van der Waals surface area (Å²) in [6.07, 6.45) is 6.74. The SMILES string of the molecule is NNC(CCc1cccs1)C1C2CCCC21. The lowest BCUT2D eigenvalue weighted by atomic mass is 10.00. The van der Waals surface area contributed by atoms with Crippen molar-refractivity contribution in [2.75, 3.05) is 0 Å². The highest BCUT2D eigenvalue weighted by Crippen LogP contribution is 2.59. The van der Waals surface area contributed by atoms with E-state index in [9.17, 15) is 0 Å². The fourth-order valence-electron chi connectivity index (χ4n) is 3.61. The Labute approximate surface area is 101 Å². The molecule has 0 spiro atoms. The second-order valence-electron chi connectivity index (χ2n) is 5.23. The first-order valence-electron chi connectivity index (χ1n) is 6.38. The van der Waals surface area contributed by atoms with Crippen LogP contribution in [0.15, 0.2) is 17.5 Å². The molecule has 0 radical (unpaired) electrons. The minimum Gasteiger partial charge on any atom is -0.271 e. The average Bonchev–Trinajstić information content (AvgIpc) is 2.79. The van der Waals surface area contributed by atoms with E-state index in [1.165, 1.54) is 37.0 Å². The fourth-order valence-corrected chi connectivity index (χ4v) is 4.34. The van der Waals surface area contributed by atoms with Crippen molar-refractivity contribution in [3.63, 3.8) is 0 Å². The van der Waals surface area contributed by atoms with Crippen LogP contribution in [0.2, 0.25) is 0 Å². The zero-order valence-corrected chi connectivity index (χ0v) is 10.4. The summed E-state index contributed by atoms with van der Waals surface area (Å²) in [5.41, 5.74) is 3.06. The molecule has 3 N–H and O–H groups in total. The Morgan fingerprint density at radius 2 is 2.25 bits per heavy atom. The molecular weight excluding hydrogens is 216 g/mol. The van der Waals surface area contributed by atoms with E-state index in [-0.39, 0.29) is 0 Å². The van der Waals surface area contributed by atoms with Gasteiger partial charge in [-0.1, -0.05) is 12.5 Å². The number of hydrogen-bond donors (Lipinski definition) is 2. The Balaban J connectivity index is 1.52. The Kier molecular flexibility index (Phi) is 3.01. The van der Waals surface area contributed by atoms with Crippen LogP contribution >= 0.6 is 11.3 Å². The zero-order chi connectivity index (χ0) is 11.0. The average molecular weight is 236 g/mol. The van der Waals surface area contributed by atoms with E-state index < -0.39 is 0 Å². The quantitative estimate of drug-likeness (QED) is 0.609. The van der Waals surface area contributed by atoms with Crippen LogP contribution in [0.3, 0.4) is 0 Å². The molecule has 2 fully saturated rings. The van der Waals surface area contributed by atoms with Crippen molar-refractivity contribution in [1.82, 2.24) is 5.43 Å². The molecule has 0 saturated heterocycles. The maximum absolute atomic E-state index is 5.71. The van der Waals surface area contributed by atoms with Gasteiger partial charge in [0.1, 0.15) is 0 Å². The Hall–Kier alpha value is -0.380. The van der Waals surface area contributed by atoms with Gasteiger partial charge in [0.05, 0.1) is 0 Å². The van der Waals surface area contributed by atoms with Crippen LogP contribution in [0.5, 0.6) is 0 Å². The summed E-state index contributed by atoms with van der Waals surface area (Å²) in [7, 11) is 0. The van der Waals surface area contributed by atoms with Gasteiger partial charge in [-0.25, -0.2) is 0 Å². The smallest absolute Gasteiger partial charge is 0.0247 e. The molecule has 1 aromatic rings. The predicted molar refractivity (Wildman–Crippen MR) is 68.1 cm³/mol. The van der Waals surface area contributed by atoms with E-state index in [1.54, 1.807) is 0 Å². The minimum atomic E-state index is 0.553. The highest BCUT2D eigenvalue weighted by molar-refractivity contribution is 7.09. The van der Waals surface area contributed by atoms with Gasteiger partial charge in [0, 0.05) is 10.9 Å². The van der Waals surface area contributed by atoms with Crippen molar-refractivity contribution in [3.05, 3.63) is 22.4 Å². The van der Waals surface area contributed by atoms with Crippen molar-refractivity contribution >= 4 is 11.3 Å². The van der Waals surface area contributed by atoms with Crippen molar-refractivity contribution in [2.45, 2.75) is 38.1 Å². The largest absolute Gasteiger partial charge is 0.271 e. The van der Waals surface area contributed by atoms with Crippen molar-refractivity contribution in [1.29, 1.82) is 0 Å². The standard InChI is InChI=1S/C13H20N2S/c14-15-12(7-6-9-3-2-8-16-9)13-10-4-1-5-11(10)13/h2-3,8,10-13,15H,1,4-7,14H2. The summed E-state index contributed by atoms with van der Waals surface area (Å²) in [4.78, 5) is 1.49. The number of nitrogens with one attached hydrogen (secondary N) is 1. The molecule has 2 nitrogen and oxygen atoms in total. The number of aryl methyl sites for hydroxylation is 1. The number of fused-ring (bicyclic) bond motifs is 1. The number of nitrogens with two attached hydrogens (primary N) is 1. The maximum atomic E-state index is 5.71. The molecule has 1 heterocycles. The van der Waals surface area contributed by atoms with Crippen molar-refractivity contribution in [2.24, 2.45) is 23.6 Å². The van der Waals surface area contributed by atoms with Gasteiger partial charge in [0.2, 0.25) is 0 Å². The van der Waals surface area contributed by atoms with Crippen LogP contribution in [0, 0.1) is 17.8 Å². The highest BCUT2D eigenvalue weighted by atomic mass is 32.1. The molecule has 2 aliphatic carbocycles. The van der Waals surface area contributed by atoms with E-state index in [0.29, 0.717) is 6.04 Å². The van der Waals surface area contributed by atoms with E-state index in [4.69, 9.17) is 5.84 Å². The van der Waals surface area contributed by atoms with E-state index in [2.05, 4.69) is 22.9 Å². The van der Waals surface area contributed by atoms with Gasteiger partial charge < -0.3 is 0 Å². The molecule has 0 amide bonds. The third-order valence-corrected chi connectivity index (χ3v) is 5.37. The van der Waals surface area contributed by atoms with E-state index >= 15 is 0 Å². The normalized spacial score (nSPS) is 33.7. The van der Waals surface area contributed by atoms with Gasteiger partial charge in [0.25, 0.3) is 0 Å². The summed E-state index contributed by atoms with van der Waals surface area (Å²) in [5, 5.41) is 2.16. The summed E-state index contributed by atoms with van der Waals surface area (Å²) >= 11 is 1.86. The van der Waals surface area contributed by atoms with Crippen molar-refractivity contribution in [3.8, 4) is 0 Å². The van der Waals surface area contributed by atoms with E-state index in [1.807, 2.05) is 11.3 Å². The van der Waals surface area contributed by atoms with Gasteiger partial charge in [0.15, 0.2) is 0 Å². The van der Waals surface area contributed by atoms with Crippen LogP contribution in [-0.2, 0) is 6.42 Å². The fraction of sp³-hybridized carbons (Fsp3) is 0.692. The summed E-state index contributed by atoms with van der Waals surface area (Å²) < 4.78 is 0. The first-order chi connectivity index (χ1) is 7.90. The molecule has 0 aliphatic heterocycles. The molecule has 3 heteroatoms. The number of thiophene rings is 1. The topological polar surface area (TPSA) is 38.0 Å². The molecule has 3 atom stereocenters. The molecule has 88 valence electrons. The lowest BCUT2D eigenvalue weighted by molar-refractivity contribution is 0.392. The Morgan fingerprint density at radius 3 is 2.88 bits per heavy atom. The zero-order valence-electron chi connectivity index (χ0n) is 9.56. The molecule has 3 unspecified atom stereocenters. The number of hydrazine groups is 1. The van der Waals surface area contributed by atoms with Crippen LogP contribution < -0.4 is 11.3 Å². The number of hydrogen-bond acceptors (Lipinski definition) is 3. The molecule has 0 bridgehead atoms. The predicted octanol–water partition coefficient (Wildman–Crippen LogP) is 2.56. The molecule has 16 heavy (non-hydrogen) atoms. The summed E-state index contributed by atoms with van der Waals surface area (Å²) in [6.45, 7) is 0. The lowest BCUT2D eigenvalue weighted by Gasteiger charge is -2.17. The molecule has 0 aromatic carbocycles. The van der Waals surface area contributed by atoms with Gasteiger partial charge >= 0.3 is 0 Å². The third kappa shape index (κ3) is 1.92. The van der Waals surface area contributed by atoms with Crippen molar-refractivity contribution < 1.29 is 0 Å². The highest BCUT2D eigenvalue weighted by Gasteiger charge is 2.55. The Bertz CT molecular complexity index is 326. The minimum absolute atomic E-state index is 0.553. The lowest BCUT2D eigenvalue weighted by Crippen LogP contribution is -2.38. The summed E-state index contributed by atoms with van der Waals surface area (Å²) in [6, 6.07) is 4.92. The maximum Gasteiger partial charge on any atom is 0.0247 e. The monoisotopic (exact) mass is 236 g/mol. The van der Waals surface area contributed by atoms with Crippen LogP contribution in [0.25, 0.3) is 0 Å². The molecule has 1 aromatic heterocycles. The number of rotatable bonds is 5. The second-order valence-corrected chi connectivity index (χ2v) is 6.26. The first-order valence-corrected chi connectivity index (χ1v) is 7.26. The van der Waals surface area contributed by atoms with Gasteiger partial charge in [-0.15, -0.1) is 11.3 Å². The molecule has 3 rings (SSSR count). The molecule has 2 aliphatic rings. The molecular formula is C13H20N2S. The van der Waals surface area contributed by atoms with Crippen LogP contribution in [0.1, 0.15) is 30.6 Å². The van der Waals surface area contributed by atoms with Crippen LogP contribution in [0.4, 0.5) is 0 Å². The van der Waals surface area contributed by atoms with E-state index in [0.717, 1.165) is 17.8 Å². The summed E-state index contributed by atoms with van der Waals surface area (Å²) in [5.74, 6) is 8.61. The van der Waals surface area contributed by atoms with Crippen LogP contribution in [-0.4, -0.2) is 6.04 Å². The van der Waals surface area contributed by atoms with Gasteiger partial charge in [-0.3, -0.25) is 11.3 Å².